The lowest BCUT2D eigenvalue weighted by molar-refractivity contribution is -0.145. The summed E-state index contributed by atoms with van der Waals surface area (Å²) in [6.07, 6.45) is -2.45. The Hall–Kier alpha value is -1.38. The predicted octanol–water partition coefficient (Wildman–Crippen LogP) is -3.32. The number of hydrogen-bond acceptors (Lipinski definition) is 5. The molecule has 0 aromatic carbocycles. The van der Waals surface area contributed by atoms with E-state index in [0.717, 1.165) is 16.8 Å². The Morgan fingerprint density at radius 2 is 2.15 bits per heavy atom. The molecule has 1 unspecified atom stereocenters. The fraction of sp³-hybridized carbons (Fsp3) is 0.600. The molecule has 0 amide bonds. The van der Waals surface area contributed by atoms with Gasteiger partial charge < -0.3 is 14.9 Å². The molecule has 1 aromatic rings. The Morgan fingerprint density at radius 1 is 1.55 bits per heavy atom. The van der Waals surface area contributed by atoms with Crippen LogP contribution in [0.4, 0.5) is 4.39 Å². The molecule has 1 heterocycles. The molecule has 3 N–H and O–H groups in total. The lowest BCUT2D eigenvalue weighted by atomic mass is 9.61. The van der Waals surface area contributed by atoms with Crippen LogP contribution in [0.25, 0.3) is 0 Å². The van der Waals surface area contributed by atoms with Crippen LogP contribution in [0.1, 0.15) is 13.2 Å². The number of aromatic amines is 1. The summed E-state index contributed by atoms with van der Waals surface area (Å²) in [6, 6.07) is 1.05. The molecule has 1 rings (SSSR count). The van der Waals surface area contributed by atoms with E-state index < -0.39 is 41.8 Å². The van der Waals surface area contributed by atoms with Gasteiger partial charge in [-0.3, -0.25) is 14.3 Å². The van der Waals surface area contributed by atoms with E-state index >= 15 is 0 Å². The highest BCUT2D eigenvalue weighted by Crippen LogP contribution is 2.18. The quantitative estimate of drug-likeness (QED) is 0.475. The first-order valence-electron chi connectivity index (χ1n) is 6.10. The molecule has 0 aliphatic rings. The second-order valence-corrected chi connectivity index (χ2v) is 5.08. The van der Waals surface area contributed by atoms with Crippen molar-refractivity contribution in [2.24, 2.45) is 0 Å². The Kier molecular flexibility index (Phi) is 5.32. The van der Waals surface area contributed by atoms with Gasteiger partial charge in [-0.1, -0.05) is 0 Å². The standard InChI is InChI=1S/C10H17B2FN2O5/c1-5(16)8(10(11,12)19)20-7(4-13)15-3-2-6(17)14-9(15)18/h2-3,5,7-8,16,19H,4,11-12H2,1H3,(H,14,17,18)/t5-,7+,8?/m0/s1. The zero-order chi connectivity index (χ0) is 15.5. The van der Waals surface area contributed by atoms with Crippen LogP contribution in [0.2, 0.25) is 0 Å². The second kappa shape index (κ2) is 6.38. The van der Waals surface area contributed by atoms with Crippen LogP contribution in [-0.4, -0.2) is 59.7 Å². The molecule has 0 bridgehead atoms. The fourth-order valence-electron chi connectivity index (χ4n) is 1.87. The van der Waals surface area contributed by atoms with Crippen molar-refractivity contribution in [3.8, 4) is 0 Å². The van der Waals surface area contributed by atoms with Crippen molar-refractivity contribution in [2.45, 2.75) is 30.8 Å². The van der Waals surface area contributed by atoms with Crippen molar-refractivity contribution < 1.29 is 19.3 Å². The first-order valence-corrected chi connectivity index (χ1v) is 6.10. The van der Waals surface area contributed by atoms with Crippen LogP contribution in [0, 0.1) is 0 Å². The van der Waals surface area contributed by atoms with E-state index in [9.17, 15) is 24.2 Å². The van der Waals surface area contributed by atoms with Crippen LogP contribution in [-0.2, 0) is 4.74 Å². The van der Waals surface area contributed by atoms with E-state index in [2.05, 4.69) is 0 Å². The first-order chi connectivity index (χ1) is 9.16. The number of aromatic nitrogens is 2. The van der Waals surface area contributed by atoms with Crippen LogP contribution in [0.3, 0.4) is 0 Å². The van der Waals surface area contributed by atoms with E-state index in [-0.39, 0.29) is 0 Å². The topological polar surface area (TPSA) is 105 Å². The van der Waals surface area contributed by atoms with E-state index in [1.807, 2.05) is 4.98 Å². The zero-order valence-electron chi connectivity index (χ0n) is 11.5. The molecule has 10 heteroatoms. The summed E-state index contributed by atoms with van der Waals surface area (Å²) in [6.45, 7) is 0.318. The minimum atomic E-state index is -1.44. The lowest BCUT2D eigenvalue weighted by Crippen LogP contribution is -2.52. The average molecular weight is 286 g/mol. The number of ether oxygens (including phenoxy) is 1. The number of nitrogens with zero attached hydrogens (tertiary/aromatic N) is 1. The third kappa shape index (κ3) is 4.06. The van der Waals surface area contributed by atoms with Gasteiger partial charge in [-0.15, -0.1) is 0 Å². The SMILES string of the molecule is BC(B)(O)C(O[C@H](CF)n1ccc(=O)[nH]c1=O)[C@H](C)O. The van der Waals surface area contributed by atoms with Crippen LogP contribution in [0.15, 0.2) is 21.9 Å². The van der Waals surface area contributed by atoms with Crippen molar-refractivity contribution in [1.82, 2.24) is 9.55 Å². The van der Waals surface area contributed by atoms with Gasteiger partial charge in [0.25, 0.3) is 5.56 Å². The molecule has 3 atom stereocenters. The third-order valence-electron chi connectivity index (χ3n) is 2.73. The molecule has 0 spiro atoms. The van der Waals surface area contributed by atoms with Gasteiger partial charge in [-0.25, -0.2) is 9.18 Å². The van der Waals surface area contributed by atoms with Crippen LogP contribution in [0.5, 0.6) is 0 Å². The number of aliphatic hydroxyl groups excluding tert-OH is 1. The number of alkyl halides is 1. The van der Waals surface area contributed by atoms with Gasteiger partial charge in [0.05, 0.1) is 12.2 Å². The molecule has 0 radical (unpaired) electrons. The van der Waals surface area contributed by atoms with Gasteiger partial charge >= 0.3 is 5.69 Å². The molecule has 1 aromatic heterocycles. The van der Waals surface area contributed by atoms with Crippen molar-refractivity contribution in [3.05, 3.63) is 33.1 Å². The molecule has 0 aliphatic carbocycles. The zero-order valence-corrected chi connectivity index (χ0v) is 11.5. The number of nitrogens with one attached hydrogen (secondary N) is 1. The Bertz CT molecular complexity index is 554. The van der Waals surface area contributed by atoms with Crippen molar-refractivity contribution in [3.63, 3.8) is 0 Å². The molecule has 110 valence electrons. The monoisotopic (exact) mass is 286 g/mol. The van der Waals surface area contributed by atoms with Gasteiger partial charge in [0.2, 0.25) is 0 Å². The van der Waals surface area contributed by atoms with Gasteiger partial charge in [0, 0.05) is 17.7 Å². The normalized spacial score (nSPS) is 16.6. The van der Waals surface area contributed by atoms with E-state index in [1.165, 1.54) is 22.6 Å². The van der Waals surface area contributed by atoms with E-state index in [1.54, 1.807) is 0 Å². The maximum absolute atomic E-state index is 13.1. The summed E-state index contributed by atoms with van der Waals surface area (Å²) < 4.78 is 19.2. The fourth-order valence-corrected chi connectivity index (χ4v) is 1.87. The molecule has 7 nitrogen and oxygen atoms in total. The van der Waals surface area contributed by atoms with Gasteiger partial charge in [0.1, 0.15) is 22.4 Å². The van der Waals surface area contributed by atoms with E-state index in [0.29, 0.717) is 0 Å². The van der Waals surface area contributed by atoms with Gasteiger partial charge in [-0.05, 0) is 6.92 Å². The lowest BCUT2D eigenvalue weighted by Gasteiger charge is -2.34. The average Bonchev–Trinajstić information content (AvgIpc) is 2.29. The van der Waals surface area contributed by atoms with Crippen LogP contribution < -0.4 is 11.2 Å². The highest BCUT2D eigenvalue weighted by atomic mass is 19.1. The Morgan fingerprint density at radius 3 is 2.55 bits per heavy atom. The smallest absolute Gasteiger partial charge is 0.330 e. The first kappa shape index (κ1) is 16.7. The Balaban J connectivity index is 3.07. The minimum Gasteiger partial charge on any atom is -0.405 e. The number of H-pyrrole nitrogens is 1. The van der Waals surface area contributed by atoms with Crippen LogP contribution >= 0.6 is 0 Å². The summed E-state index contributed by atoms with van der Waals surface area (Å²) in [5, 5.41) is 18.1. The maximum atomic E-state index is 13.1. The predicted molar refractivity (Wildman–Crippen MR) is 74.9 cm³/mol. The molecular formula is C10H17B2FN2O5. The number of halogens is 1. The Labute approximate surface area is 116 Å². The molecular weight excluding hydrogens is 269 g/mol. The van der Waals surface area contributed by atoms with Crippen molar-refractivity contribution in [1.29, 1.82) is 0 Å². The summed E-state index contributed by atoms with van der Waals surface area (Å²) in [5.74, 6) is 0. The maximum Gasteiger partial charge on any atom is 0.330 e. The third-order valence-corrected chi connectivity index (χ3v) is 2.73. The second-order valence-electron chi connectivity index (χ2n) is 5.08. The summed E-state index contributed by atoms with van der Waals surface area (Å²) >= 11 is 0. The number of hydrogen-bond donors (Lipinski definition) is 3. The molecule has 0 saturated carbocycles. The summed E-state index contributed by atoms with van der Waals surface area (Å²) in [7, 11) is 2.80. The molecule has 0 fully saturated rings. The minimum absolute atomic E-state index is 0.613. The van der Waals surface area contributed by atoms with E-state index in [4.69, 9.17) is 4.74 Å². The van der Waals surface area contributed by atoms with Crippen molar-refractivity contribution >= 4 is 15.7 Å². The highest BCUT2D eigenvalue weighted by Gasteiger charge is 2.34. The molecule has 20 heavy (non-hydrogen) atoms. The van der Waals surface area contributed by atoms with Crippen molar-refractivity contribution in [2.75, 3.05) is 6.67 Å². The largest absolute Gasteiger partial charge is 0.405 e. The molecule has 0 aliphatic heterocycles. The summed E-state index contributed by atoms with van der Waals surface area (Å²) in [5.41, 5.74) is -1.45. The number of rotatable bonds is 6. The molecule has 0 saturated heterocycles. The highest BCUT2D eigenvalue weighted by molar-refractivity contribution is 6.39. The van der Waals surface area contributed by atoms with Gasteiger partial charge in [-0.2, -0.15) is 0 Å². The van der Waals surface area contributed by atoms with Gasteiger partial charge in [0.15, 0.2) is 6.23 Å². The number of aliphatic hydroxyl groups is 2. The summed E-state index contributed by atoms with van der Waals surface area (Å²) in [4.78, 5) is 24.5.